The number of methoxy groups -OCH3 is 1. The molecule has 1 aromatic rings. The standard InChI is InChI=1S/C15H22BrNO2/c1-11(2)8-13(10-16)17-15(18)9-12-4-6-14(19-3)7-5-12/h4-7,11,13H,8-10H2,1-3H3,(H,17,18). The molecule has 3 nitrogen and oxygen atoms in total. The lowest BCUT2D eigenvalue weighted by atomic mass is 10.0. The molecular formula is C15H22BrNO2. The van der Waals surface area contributed by atoms with Crippen LogP contribution in [-0.2, 0) is 11.2 Å². The smallest absolute Gasteiger partial charge is 0.224 e. The fourth-order valence-corrected chi connectivity index (χ4v) is 2.36. The van der Waals surface area contributed by atoms with Gasteiger partial charge in [-0.1, -0.05) is 41.9 Å². The molecule has 0 heterocycles. The van der Waals surface area contributed by atoms with Gasteiger partial charge in [-0.15, -0.1) is 0 Å². The van der Waals surface area contributed by atoms with Gasteiger partial charge in [0.15, 0.2) is 0 Å². The number of halogens is 1. The van der Waals surface area contributed by atoms with Crippen molar-refractivity contribution in [2.24, 2.45) is 5.92 Å². The molecule has 1 atom stereocenters. The molecule has 1 N–H and O–H groups in total. The van der Waals surface area contributed by atoms with Crippen molar-refractivity contribution >= 4 is 21.8 Å². The van der Waals surface area contributed by atoms with E-state index >= 15 is 0 Å². The first kappa shape index (κ1) is 16.0. The van der Waals surface area contributed by atoms with Crippen LogP contribution in [-0.4, -0.2) is 24.4 Å². The maximum atomic E-state index is 12.0. The second-order valence-corrected chi connectivity index (χ2v) is 5.72. The minimum Gasteiger partial charge on any atom is -0.497 e. The van der Waals surface area contributed by atoms with Crippen LogP contribution in [0.4, 0.5) is 0 Å². The van der Waals surface area contributed by atoms with E-state index in [1.165, 1.54) is 0 Å². The zero-order valence-corrected chi connectivity index (χ0v) is 13.4. The normalized spacial score (nSPS) is 12.3. The van der Waals surface area contributed by atoms with Crippen LogP contribution in [0.5, 0.6) is 5.75 Å². The van der Waals surface area contributed by atoms with Crippen LogP contribution in [0.15, 0.2) is 24.3 Å². The van der Waals surface area contributed by atoms with Crippen LogP contribution in [0.25, 0.3) is 0 Å². The van der Waals surface area contributed by atoms with Crippen LogP contribution in [0, 0.1) is 5.92 Å². The zero-order valence-electron chi connectivity index (χ0n) is 11.8. The minimum absolute atomic E-state index is 0.0651. The van der Waals surface area contributed by atoms with E-state index in [0.29, 0.717) is 12.3 Å². The summed E-state index contributed by atoms with van der Waals surface area (Å²) in [7, 11) is 1.63. The zero-order chi connectivity index (χ0) is 14.3. The Morgan fingerprint density at radius 3 is 2.42 bits per heavy atom. The van der Waals surface area contributed by atoms with Gasteiger partial charge < -0.3 is 10.1 Å². The Kier molecular flexibility index (Phi) is 6.92. The van der Waals surface area contributed by atoms with E-state index in [1.807, 2.05) is 24.3 Å². The molecule has 0 radical (unpaired) electrons. The Bertz CT molecular complexity index is 390. The molecule has 0 aliphatic carbocycles. The van der Waals surface area contributed by atoms with Gasteiger partial charge >= 0.3 is 0 Å². The predicted molar refractivity (Wildman–Crippen MR) is 81.9 cm³/mol. The fraction of sp³-hybridized carbons (Fsp3) is 0.533. The van der Waals surface area contributed by atoms with Crippen molar-refractivity contribution in [3.05, 3.63) is 29.8 Å². The first-order valence-corrected chi connectivity index (χ1v) is 7.65. The molecule has 4 heteroatoms. The number of amides is 1. The number of carbonyl (C=O) groups excluding carboxylic acids is 1. The number of hydrogen-bond donors (Lipinski definition) is 1. The monoisotopic (exact) mass is 327 g/mol. The molecule has 0 fully saturated rings. The van der Waals surface area contributed by atoms with Gasteiger partial charge in [0.2, 0.25) is 5.91 Å². The first-order chi connectivity index (χ1) is 9.05. The van der Waals surface area contributed by atoms with Gasteiger partial charge in [0, 0.05) is 11.4 Å². The lowest BCUT2D eigenvalue weighted by Crippen LogP contribution is -2.37. The van der Waals surface area contributed by atoms with Crippen LogP contribution < -0.4 is 10.1 Å². The number of hydrogen-bond acceptors (Lipinski definition) is 2. The molecule has 0 saturated heterocycles. The molecule has 0 spiro atoms. The third-order valence-electron chi connectivity index (χ3n) is 2.83. The number of ether oxygens (including phenoxy) is 1. The molecule has 1 unspecified atom stereocenters. The summed E-state index contributed by atoms with van der Waals surface area (Å²) in [5.74, 6) is 1.45. The Hall–Kier alpha value is -1.03. The van der Waals surface area contributed by atoms with E-state index in [0.717, 1.165) is 23.1 Å². The summed E-state index contributed by atoms with van der Waals surface area (Å²) >= 11 is 3.45. The summed E-state index contributed by atoms with van der Waals surface area (Å²) in [6.07, 6.45) is 1.39. The van der Waals surface area contributed by atoms with Gasteiger partial charge in [0.25, 0.3) is 0 Å². The highest BCUT2D eigenvalue weighted by molar-refractivity contribution is 9.09. The van der Waals surface area contributed by atoms with Crippen molar-refractivity contribution in [2.75, 3.05) is 12.4 Å². The first-order valence-electron chi connectivity index (χ1n) is 6.53. The highest BCUT2D eigenvalue weighted by atomic mass is 79.9. The third kappa shape index (κ3) is 6.10. The van der Waals surface area contributed by atoms with E-state index in [4.69, 9.17) is 4.74 Å². The Morgan fingerprint density at radius 2 is 1.95 bits per heavy atom. The Labute approximate surface area is 123 Å². The highest BCUT2D eigenvalue weighted by Gasteiger charge is 2.13. The van der Waals surface area contributed by atoms with E-state index < -0.39 is 0 Å². The van der Waals surface area contributed by atoms with Crippen LogP contribution >= 0.6 is 15.9 Å². The highest BCUT2D eigenvalue weighted by Crippen LogP contribution is 2.12. The fourth-order valence-electron chi connectivity index (χ4n) is 1.94. The van der Waals surface area contributed by atoms with Crippen molar-refractivity contribution < 1.29 is 9.53 Å². The molecule has 0 saturated carbocycles. The quantitative estimate of drug-likeness (QED) is 0.781. The number of benzene rings is 1. The lowest BCUT2D eigenvalue weighted by molar-refractivity contribution is -0.121. The van der Waals surface area contributed by atoms with Crippen molar-refractivity contribution in [1.29, 1.82) is 0 Å². The number of rotatable bonds is 7. The van der Waals surface area contributed by atoms with E-state index in [-0.39, 0.29) is 11.9 Å². The van der Waals surface area contributed by atoms with Crippen molar-refractivity contribution in [3.8, 4) is 5.75 Å². The third-order valence-corrected chi connectivity index (χ3v) is 3.61. The summed E-state index contributed by atoms with van der Waals surface area (Å²) in [5, 5.41) is 3.85. The SMILES string of the molecule is COc1ccc(CC(=O)NC(CBr)CC(C)C)cc1. The van der Waals surface area contributed by atoms with Crippen molar-refractivity contribution in [2.45, 2.75) is 32.7 Å². The van der Waals surface area contributed by atoms with Gasteiger partial charge in [-0.2, -0.15) is 0 Å². The molecule has 0 bridgehead atoms. The molecule has 0 aromatic heterocycles. The summed E-state index contributed by atoms with van der Waals surface area (Å²) in [6, 6.07) is 7.79. The Balaban J connectivity index is 2.49. The molecule has 1 aromatic carbocycles. The van der Waals surface area contributed by atoms with Gasteiger partial charge in [0.05, 0.1) is 13.5 Å². The largest absolute Gasteiger partial charge is 0.497 e. The van der Waals surface area contributed by atoms with E-state index in [1.54, 1.807) is 7.11 Å². The molecule has 0 aliphatic rings. The topological polar surface area (TPSA) is 38.3 Å². The summed E-state index contributed by atoms with van der Waals surface area (Å²) in [6.45, 7) is 4.32. The summed E-state index contributed by atoms with van der Waals surface area (Å²) in [5.41, 5.74) is 0.996. The molecular weight excluding hydrogens is 306 g/mol. The summed E-state index contributed by atoms with van der Waals surface area (Å²) < 4.78 is 5.09. The van der Waals surface area contributed by atoms with Gasteiger partial charge in [-0.05, 0) is 30.0 Å². The second kappa shape index (κ2) is 8.20. The maximum absolute atomic E-state index is 12.0. The van der Waals surface area contributed by atoms with Gasteiger partial charge in [-0.3, -0.25) is 4.79 Å². The van der Waals surface area contributed by atoms with Crippen LogP contribution in [0.3, 0.4) is 0 Å². The molecule has 1 amide bonds. The van der Waals surface area contributed by atoms with Gasteiger partial charge in [0.1, 0.15) is 5.75 Å². The predicted octanol–water partition coefficient (Wildman–Crippen LogP) is 3.16. The van der Waals surface area contributed by atoms with Crippen LogP contribution in [0.2, 0.25) is 0 Å². The average molecular weight is 328 g/mol. The van der Waals surface area contributed by atoms with Crippen molar-refractivity contribution in [1.82, 2.24) is 5.32 Å². The van der Waals surface area contributed by atoms with Gasteiger partial charge in [-0.25, -0.2) is 0 Å². The van der Waals surface area contributed by atoms with Crippen molar-refractivity contribution in [3.63, 3.8) is 0 Å². The lowest BCUT2D eigenvalue weighted by Gasteiger charge is -2.18. The molecule has 0 aliphatic heterocycles. The van der Waals surface area contributed by atoms with Crippen LogP contribution in [0.1, 0.15) is 25.8 Å². The molecule has 1 rings (SSSR count). The second-order valence-electron chi connectivity index (χ2n) is 5.07. The summed E-state index contributed by atoms with van der Waals surface area (Å²) in [4.78, 5) is 12.0. The van der Waals surface area contributed by atoms with E-state index in [2.05, 4.69) is 35.1 Å². The maximum Gasteiger partial charge on any atom is 0.224 e. The molecule has 106 valence electrons. The molecule has 19 heavy (non-hydrogen) atoms. The average Bonchev–Trinajstić information content (AvgIpc) is 2.38. The Morgan fingerprint density at radius 1 is 1.32 bits per heavy atom. The van der Waals surface area contributed by atoms with E-state index in [9.17, 15) is 4.79 Å². The number of alkyl halides is 1. The number of nitrogens with one attached hydrogen (secondary N) is 1. The number of carbonyl (C=O) groups is 1. The minimum atomic E-state index is 0.0651.